The fourth-order valence-corrected chi connectivity index (χ4v) is 2.93. The molecule has 24 heavy (non-hydrogen) atoms. The van der Waals surface area contributed by atoms with Crippen LogP contribution in [0.5, 0.6) is 5.75 Å². The lowest BCUT2D eigenvalue weighted by Crippen LogP contribution is -2.32. The van der Waals surface area contributed by atoms with Crippen molar-refractivity contribution in [3.05, 3.63) is 53.6 Å². The highest BCUT2D eigenvalue weighted by molar-refractivity contribution is 5.80. The Bertz CT molecular complexity index is 736. The van der Waals surface area contributed by atoms with Crippen molar-refractivity contribution in [1.29, 1.82) is 0 Å². The Hall–Kier alpha value is -2.33. The molecule has 0 fully saturated rings. The van der Waals surface area contributed by atoms with Gasteiger partial charge in [-0.3, -0.25) is 4.79 Å². The summed E-state index contributed by atoms with van der Waals surface area (Å²) in [5.41, 5.74) is 3.69. The molecule has 1 atom stereocenters. The summed E-state index contributed by atoms with van der Waals surface area (Å²) in [6, 6.07) is 14.0. The highest BCUT2D eigenvalue weighted by Crippen LogP contribution is 2.39. The van der Waals surface area contributed by atoms with Gasteiger partial charge in [-0.15, -0.1) is 0 Å². The number of aliphatic hydroxyl groups is 1. The van der Waals surface area contributed by atoms with Gasteiger partial charge in [-0.2, -0.15) is 0 Å². The van der Waals surface area contributed by atoms with Gasteiger partial charge in [0.15, 0.2) is 0 Å². The van der Waals surface area contributed by atoms with Crippen LogP contribution in [0.4, 0.5) is 0 Å². The molecule has 1 heterocycles. The molecule has 1 aromatic rings. The van der Waals surface area contributed by atoms with Crippen LogP contribution in [0.25, 0.3) is 11.1 Å². The summed E-state index contributed by atoms with van der Waals surface area (Å²) < 4.78 is 10.2. The van der Waals surface area contributed by atoms with E-state index in [1.165, 1.54) is 18.2 Å². The van der Waals surface area contributed by atoms with Gasteiger partial charge in [-0.05, 0) is 35.2 Å². The zero-order valence-corrected chi connectivity index (χ0v) is 14.0. The number of fused-ring (bicyclic) bond motifs is 2. The number of carbonyl (C=O) groups is 1. The van der Waals surface area contributed by atoms with E-state index in [-0.39, 0.29) is 12.4 Å². The molecular formula is C20H22O4. The summed E-state index contributed by atoms with van der Waals surface area (Å²) in [5.74, 6) is 0.392. The molecule has 1 aromatic carbocycles. The van der Waals surface area contributed by atoms with E-state index in [9.17, 15) is 9.90 Å². The summed E-state index contributed by atoms with van der Waals surface area (Å²) in [6.07, 6.45) is 1.48. The lowest BCUT2D eigenvalue weighted by Gasteiger charge is -2.33. The van der Waals surface area contributed by atoms with Crippen LogP contribution in [-0.2, 0) is 21.6 Å². The van der Waals surface area contributed by atoms with E-state index in [0.29, 0.717) is 25.2 Å². The number of benzene rings is 2. The van der Waals surface area contributed by atoms with E-state index in [0.717, 1.165) is 11.1 Å². The lowest BCUT2D eigenvalue weighted by atomic mass is 9.85. The fraction of sp³-hybridized carbons (Fsp3) is 0.350. The maximum absolute atomic E-state index is 11.2. The van der Waals surface area contributed by atoms with Crippen molar-refractivity contribution in [3.63, 3.8) is 0 Å². The van der Waals surface area contributed by atoms with Crippen molar-refractivity contribution in [2.24, 2.45) is 0 Å². The average molecular weight is 326 g/mol. The Morgan fingerprint density at radius 2 is 2.00 bits per heavy atom. The molecule has 1 aliphatic heterocycles. The minimum absolute atomic E-state index is 0.220. The Labute approximate surface area is 142 Å². The van der Waals surface area contributed by atoms with Gasteiger partial charge in [-0.25, -0.2) is 0 Å². The van der Waals surface area contributed by atoms with Crippen LogP contribution >= 0.6 is 0 Å². The van der Waals surface area contributed by atoms with Crippen LogP contribution in [0.3, 0.4) is 0 Å². The number of carbonyl (C=O) groups excluding carboxylic acids is 1. The third-order valence-electron chi connectivity index (χ3n) is 4.59. The summed E-state index contributed by atoms with van der Waals surface area (Å²) in [5, 5.41) is 10.5. The molecular weight excluding hydrogens is 304 g/mol. The van der Waals surface area contributed by atoms with Crippen LogP contribution in [0.15, 0.2) is 42.5 Å². The number of methoxy groups -OCH3 is 1. The first-order chi connectivity index (χ1) is 11.6. The average Bonchev–Trinajstić information content (AvgIpc) is 3.20. The van der Waals surface area contributed by atoms with Crippen molar-refractivity contribution in [2.75, 3.05) is 13.7 Å². The minimum atomic E-state index is -0.808. The van der Waals surface area contributed by atoms with Gasteiger partial charge >= 0.3 is 5.97 Å². The minimum Gasteiger partial charge on any atom is -0.493 e. The topological polar surface area (TPSA) is 55.8 Å². The Morgan fingerprint density at radius 1 is 1.25 bits per heavy atom. The molecule has 1 N–H and O–H groups in total. The van der Waals surface area contributed by atoms with Crippen LogP contribution < -0.4 is 4.74 Å². The number of esters is 1. The molecule has 0 spiro atoms. The molecule has 0 aromatic heterocycles. The molecule has 4 rings (SSSR count). The largest absolute Gasteiger partial charge is 0.493 e. The molecule has 126 valence electrons. The van der Waals surface area contributed by atoms with Crippen molar-refractivity contribution >= 4 is 5.97 Å². The second kappa shape index (κ2) is 6.65. The monoisotopic (exact) mass is 326 g/mol. The van der Waals surface area contributed by atoms with Gasteiger partial charge < -0.3 is 14.6 Å². The van der Waals surface area contributed by atoms with Crippen molar-refractivity contribution in [3.8, 4) is 16.9 Å². The maximum atomic E-state index is 11.2. The molecule has 0 amide bonds. The Balaban J connectivity index is 0.000000231. The second-order valence-corrected chi connectivity index (χ2v) is 6.15. The normalized spacial score (nSPS) is 19.3. The number of rotatable bonds is 3. The molecule has 1 unspecified atom stereocenters. The van der Waals surface area contributed by atoms with Crippen molar-refractivity contribution in [1.82, 2.24) is 0 Å². The molecule has 0 bridgehead atoms. The molecule has 4 heteroatoms. The molecule has 0 radical (unpaired) electrons. The van der Waals surface area contributed by atoms with Crippen molar-refractivity contribution < 1.29 is 19.4 Å². The third kappa shape index (κ3) is 3.44. The van der Waals surface area contributed by atoms with E-state index in [1.54, 1.807) is 0 Å². The first-order valence-corrected chi connectivity index (χ1v) is 8.21. The summed E-state index contributed by atoms with van der Waals surface area (Å²) in [6.45, 7) is 2.45. The van der Waals surface area contributed by atoms with Crippen molar-refractivity contribution in [2.45, 2.75) is 31.8 Å². The van der Waals surface area contributed by atoms with Gasteiger partial charge in [0, 0.05) is 12.0 Å². The third-order valence-corrected chi connectivity index (χ3v) is 4.59. The summed E-state index contributed by atoms with van der Waals surface area (Å²) >= 11 is 0. The van der Waals surface area contributed by atoms with Gasteiger partial charge in [-0.1, -0.05) is 37.3 Å². The van der Waals surface area contributed by atoms with Gasteiger partial charge in [0.05, 0.1) is 25.7 Å². The molecule has 2 aliphatic carbocycles. The SMILES string of the molecule is CCC1(O)CCOc2cc(CC(=O)OC)ccc21.c1cc2cc-2c1. The Kier molecular flexibility index (Phi) is 4.58. The number of hydrogen-bond donors (Lipinski definition) is 1. The van der Waals surface area contributed by atoms with Gasteiger partial charge in [0.2, 0.25) is 0 Å². The van der Waals surface area contributed by atoms with Crippen LogP contribution in [0.2, 0.25) is 0 Å². The van der Waals surface area contributed by atoms with Crippen LogP contribution in [0, 0.1) is 0 Å². The standard InChI is InChI=1S/C14H18O4.C6H4/c1-3-14(16)6-7-18-12-8-10(4-5-11(12)14)9-13(15)17-2;1-2-5-4-6(5)3-1/h4-5,8,16H,3,6-7,9H2,1-2H3;1-4H. The van der Waals surface area contributed by atoms with E-state index in [1.807, 2.05) is 25.1 Å². The maximum Gasteiger partial charge on any atom is 0.309 e. The second-order valence-electron chi connectivity index (χ2n) is 6.15. The van der Waals surface area contributed by atoms with E-state index < -0.39 is 5.60 Å². The predicted molar refractivity (Wildman–Crippen MR) is 91.9 cm³/mol. The predicted octanol–water partition coefficient (Wildman–Crippen LogP) is 3.45. The fourth-order valence-electron chi connectivity index (χ4n) is 2.93. The van der Waals surface area contributed by atoms with E-state index >= 15 is 0 Å². The highest BCUT2D eigenvalue weighted by Gasteiger charge is 2.33. The number of ether oxygens (including phenoxy) is 2. The molecule has 4 nitrogen and oxygen atoms in total. The van der Waals surface area contributed by atoms with Crippen LogP contribution in [-0.4, -0.2) is 24.8 Å². The zero-order chi connectivity index (χ0) is 17.2. The molecule has 0 saturated carbocycles. The quantitative estimate of drug-likeness (QED) is 0.749. The first-order valence-electron chi connectivity index (χ1n) is 8.21. The first kappa shape index (κ1) is 16.5. The van der Waals surface area contributed by atoms with Gasteiger partial charge in [0.1, 0.15) is 5.75 Å². The summed E-state index contributed by atoms with van der Waals surface area (Å²) in [4.78, 5) is 11.2. The number of hydrogen-bond acceptors (Lipinski definition) is 4. The smallest absolute Gasteiger partial charge is 0.309 e. The van der Waals surface area contributed by atoms with E-state index in [2.05, 4.69) is 29.0 Å². The Morgan fingerprint density at radius 3 is 2.54 bits per heavy atom. The summed E-state index contributed by atoms with van der Waals surface area (Å²) in [7, 11) is 1.37. The lowest BCUT2D eigenvalue weighted by molar-refractivity contribution is -0.139. The van der Waals surface area contributed by atoms with E-state index in [4.69, 9.17) is 4.74 Å². The van der Waals surface area contributed by atoms with Crippen LogP contribution in [0.1, 0.15) is 30.9 Å². The zero-order valence-electron chi connectivity index (χ0n) is 14.0. The molecule has 3 aliphatic rings. The molecule has 0 saturated heterocycles. The van der Waals surface area contributed by atoms with Gasteiger partial charge in [0.25, 0.3) is 0 Å². The highest BCUT2D eigenvalue weighted by atomic mass is 16.5.